The minimum atomic E-state index is -0.811. The Balaban J connectivity index is 1.94. The molecule has 0 atom stereocenters. The van der Waals surface area contributed by atoms with Crippen LogP contribution in [0.15, 0.2) is 35.5 Å². The smallest absolute Gasteiger partial charge is 0.307 e. The van der Waals surface area contributed by atoms with Gasteiger partial charge in [-0.05, 0) is 17.7 Å². The van der Waals surface area contributed by atoms with Gasteiger partial charge in [0, 0.05) is 11.9 Å². The lowest BCUT2D eigenvalue weighted by Gasteiger charge is -2.02. The Morgan fingerprint density at radius 1 is 1.39 bits per heavy atom. The third-order valence-electron chi connectivity index (χ3n) is 2.45. The highest BCUT2D eigenvalue weighted by atomic mass is 32.2. The van der Waals surface area contributed by atoms with Crippen LogP contribution < -0.4 is 0 Å². The summed E-state index contributed by atoms with van der Waals surface area (Å²) >= 11 is 1.65. The maximum absolute atomic E-state index is 10.5. The van der Waals surface area contributed by atoms with Crippen molar-refractivity contribution in [1.29, 1.82) is 0 Å². The van der Waals surface area contributed by atoms with Crippen molar-refractivity contribution in [2.75, 3.05) is 0 Å². The molecule has 0 saturated carbocycles. The zero-order valence-corrected chi connectivity index (χ0v) is 10.7. The molecule has 0 aliphatic heterocycles. The largest absolute Gasteiger partial charge is 0.481 e. The second-order valence-corrected chi connectivity index (χ2v) is 4.85. The molecule has 0 radical (unpaired) electrons. The number of rotatable bonds is 5. The lowest BCUT2D eigenvalue weighted by molar-refractivity contribution is -0.136. The van der Waals surface area contributed by atoms with E-state index in [1.807, 2.05) is 31.3 Å². The molecule has 0 saturated heterocycles. The Morgan fingerprint density at radius 3 is 2.67 bits per heavy atom. The van der Waals surface area contributed by atoms with Gasteiger partial charge in [-0.1, -0.05) is 12.1 Å². The molecule has 18 heavy (non-hydrogen) atoms. The van der Waals surface area contributed by atoms with Crippen LogP contribution >= 0.6 is 11.8 Å². The summed E-state index contributed by atoms with van der Waals surface area (Å²) in [7, 11) is 1.86. The summed E-state index contributed by atoms with van der Waals surface area (Å²) in [5.41, 5.74) is 0.811. The molecule has 1 aromatic carbocycles. The SMILES string of the molecule is Cn1ncnc1CSc1ccc(CC(=O)O)cc1. The van der Waals surface area contributed by atoms with Gasteiger partial charge in [-0.2, -0.15) is 5.10 Å². The number of hydrogen-bond acceptors (Lipinski definition) is 4. The van der Waals surface area contributed by atoms with E-state index >= 15 is 0 Å². The van der Waals surface area contributed by atoms with Crippen molar-refractivity contribution in [3.63, 3.8) is 0 Å². The van der Waals surface area contributed by atoms with Crippen molar-refractivity contribution in [3.05, 3.63) is 42.0 Å². The Kier molecular flexibility index (Phi) is 3.99. The van der Waals surface area contributed by atoms with Crippen LogP contribution in [0.5, 0.6) is 0 Å². The fraction of sp³-hybridized carbons (Fsp3) is 0.250. The van der Waals surface area contributed by atoms with Crippen molar-refractivity contribution in [3.8, 4) is 0 Å². The highest BCUT2D eigenvalue weighted by Crippen LogP contribution is 2.22. The lowest BCUT2D eigenvalue weighted by atomic mass is 10.2. The van der Waals surface area contributed by atoms with Crippen LogP contribution in [0, 0.1) is 0 Å². The summed E-state index contributed by atoms with van der Waals surface area (Å²) in [5.74, 6) is 0.846. The number of carboxylic acids is 1. The topological polar surface area (TPSA) is 68.0 Å². The number of aryl methyl sites for hydroxylation is 1. The molecule has 2 rings (SSSR count). The van der Waals surface area contributed by atoms with E-state index < -0.39 is 5.97 Å². The zero-order chi connectivity index (χ0) is 13.0. The zero-order valence-electron chi connectivity index (χ0n) is 9.91. The Morgan fingerprint density at radius 2 is 2.11 bits per heavy atom. The molecule has 0 bridgehead atoms. The molecule has 0 aliphatic rings. The molecule has 0 fully saturated rings. The second kappa shape index (κ2) is 5.68. The van der Waals surface area contributed by atoms with Gasteiger partial charge in [0.15, 0.2) is 0 Å². The summed E-state index contributed by atoms with van der Waals surface area (Å²) < 4.78 is 1.74. The number of thioether (sulfide) groups is 1. The molecule has 94 valence electrons. The van der Waals surface area contributed by atoms with Crippen molar-refractivity contribution in [1.82, 2.24) is 14.8 Å². The first-order valence-electron chi connectivity index (χ1n) is 5.41. The molecule has 1 heterocycles. The van der Waals surface area contributed by atoms with Crippen molar-refractivity contribution >= 4 is 17.7 Å². The number of aromatic nitrogens is 3. The third kappa shape index (κ3) is 3.33. The number of hydrogen-bond donors (Lipinski definition) is 1. The molecule has 0 unspecified atom stereocenters. The predicted octanol–water partition coefficient (Wildman–Crippen LogP) is 1.73. The van der Waals surface area contributed by atoms with Gasteiger partial charge in [-0.15, -0.1) is 11.8 Å². The Labute approximate surface area is 109 Å². The highest BCUT2D eigenvalue weighted by molar-refractivity contribution is 7.98. The first-order valence-corrected chi connectivity index (χ1v) is 6.40. The van der Waals surface area contributed by atoms with Crippen molar-refractivity contribution in [2.45, 2.75) is 17.1 Å². The maximum Gasteiger partial charge on any atom is 0.307 e. The van der Waals surface area contributed by atoms with E-state index in [0.29, 0.717) is 0 Å². The molecule has 0 spiro atoms. The van der Waals surface area contributed by atoms with Crippen molar-refractivity contribution < 1.29 is 9.90 Å². The first kappa shape index (κ1) is 12.6. The van der Waals surface area contributed by atoms with Crippen LogP contribution in [0.1, 0.15) is 11.4 Å². The van der Waals surface area contributed by atoms with Crippen LogP contribution in [0.4, 0.5) is 0 Å². The van der Waals surface area contributed by atoms with Gasteiger partial charge in [0.1, 0.15) is 12.2 Å². The van der Waals surface area contributed by atoms with Crippen LogP contribution in [0.3, 0.4) is 0 Å². The van der Waals surface area contributed by atoms with Gasteiger partial charge in [0.25, 0.3) is 0 Å². The average molecular weight is 263 g/mol. The minimum absolute atomic E-state index is 0.0637. The Bertz CT molecular complexity index is 537. The van der Waals surface area contributed by atoms with E-state index in [0.717, 1.165) is 22.0 Å². The summed E-state index contributed by atoms with van der Waals surface area (Å²) in [6.07, 6.45) is 1.60. The van der Waals surface area contributed by atoms with E-state index in [1.165, 1.54) is 6.33 Å². The first-order chi connectivity index (χ1) is 8.65. The molecule has 5 nitrogen and oxygen atoms in total. The summed E-state index contributed by atoms with van der Waals surface area (Å²) in [6, 6.07) is 7.54. The number of nitrogens with zero attached hydrogens (tertiary/aromatic N) is 3. The molecule has 2 aromatic rings. The molecule has 0 aliphatic carbocycles. The quantitative estimate of drug-likeness (QED) is 0.832. The average Bonchev–Trinajstić information content (AvgIpc) is 2.73. The number of carboxylic acid groups (broad SMARTS) is 1. The van der Waals surface area contributed by atoms with E-state index in [1.54, 1.807) is 16.4 Å². The monoisotopic (exact) mass is 263 g/mol. The Hall–Kier alpha value is -1.82. The lowest BCUT2D eigenvalue weighted by Crippen LogP contribution is -1.99. The highest BCUT2D eigenvalue weighted by Gasteiger charge is 2.03. The summed E-state index contributed by atoms with van der Waals surface area (Å²) in [5, 5.41) is 12.7. The fourth-order valence-corrected chi connectivity index (χ4v) is 2.36. The predicted molar refractivity (Wildman–Crippen MR) is 68.3 cm³/mol. The van der Waals surface area contributed by atoms with E-state index in [-0.39, 0.29) is 6.42 Å². The molecular weight excluding hydrogens is 250 g/mol. The normalized spacial score (nSPS) is 10.5. The van der Waals surface area contributed by atoms with Gasteiger partial charge in [0.2, 0.25) is 0 Å². The van der Waals surface area contributed by atoms with Gasteiger partial charge in [-0.3, -0.25) is 9.48 Å². The van der Waals surface area contributed by atoms with E-state index in [4.69, 9.17) is 5.11 Å². The van der Waals surface area contributed by atoms with E-state index in [9.17, 15) is 4.79 Å². The maximum atomic E-state index is 10.5. The second-order valence-electron chi connectivity index (χ2n) is 3.80. The molecule has 1 aromatic heterocycles. The fourth-order valence-electron chi connectivity index (χ4n) is 1.48. The van der Waals surface area contributed by atoms with Gasteiger partial charge in [-0.25, -0.2) is 4.98 Å². The molecular formula is C12H13N3O2S. The van der Waals surface area contributed by atoms with Crippen LogP contribution in [0.25, 0.3) is 0 Å². The van der Waals surface area contributed by atoms with Gasteiger partial charge < -0.3 is 5.11 Å². The molecule has 0 amide bonds. The molecule has 6 heteroatoms. The van der Waals surface area contributed by atoms with Crippen LogP contribution in [0.2, 0.25) is 0 Å². The van der Waals surface area contributed by atoms with Gasteiger partial charge in [0.05, 0.1) is 12.2 Å². The minimum Gasteiger partial charge on any atom is -0.481 e. The number of aliphatic carboxylic acids is 1. The third-order valence-corrected chi connectivity index (χ3v) is 3.46. The van der Waals surface area contributed by atoms with Crippen molar-refractivity contribution in [2.24, 2.45) is 7.05 Å². The summed E-state index contributed by atoms with van der Waals surface area (Å²) in [4.78, 5) is 15.8. The number of carbonyl (C=O) groups is 1. The van der Waals surface area contributed by atoms with Crippen LogP contribution in [-0.2, 0) is 24.0 Å². The van der Waals surface area contributed by atoms with Crippen LogP contribution in [-0.4, -0.2) is 25.8 Å². The number of benzene rings is 1. The van der Waals surface area contributed by atoms with E-state index in [2.05, 4.69) is 10.1 Å². The summed E-state index contributed by atoms with van der Waals surface area (Å²) in [6.45, 7) is 0. The van der Waals surface area contributed by atoms with Gasteiger partial charge >= 0.3 is 5.97 Å². The molecule has 1 N–H and O–H groups in total. The standard InChI is InChI=1S/C12H13N3O2S/c1-15-11(13-8-14-15)7-18-10-4-2-9(3-5-10)6-12(16)17/h2-5,8H,6-7H2,1H3,(H,16,17).